The Morgan fingerprint density at radius 1 is 1.35 bits per heavy atom. The fourth-order valence-corrected chi connectivity index (χ4v) is 3.43. The summed E-state index contributed by atoms with van der Waals surface area (Å²) in [5.41, 5.74) is 6.17. The number of sulfonamides is 1. The zero-order chi connectivity index (χ0) is 12.5. The van der Waals surface area contributed by atoms with Crippen molar-refractivity contribution in [2.45, 2.75) is 11.8 Å². The van der Waals surface area contributed by atoms with Crippen LogP contribution in [0.4, 0.5) is 10.1 Å². The molecule has 1 heterocycles. The molecule has 0 amide bonds. The number of nitrogens with two attached hydrogens (primary N) is 1. The Kier molecular flexibility index (Phi) is 3.03. The number of hydrogen-bond acceptors (Lipinski definition) is 5. The molecule has 17 heavy (non-hydrogen) atoms. The molecule has 1 aromatic carbocycles. The second-order valence-corrected chi connectivity index (χ2v) is 6.15. The molecule has 1 aromatic heterocycles. The molecule has 0 bridgehead atoms. The molecule has 0 unspecified atom stereocenters. The monoisotopic (exact) mass is 269 g/mol. The van der Waals surface area contributed by atoms with Crippen LogP contribution in [-0.4, -0.2) is 13.4 Å². The van der Waals surface area contributed by atoms with Crippen LogP contribution in [0.5, 0.6) is 0 Å². The van der Waals surface area contributed by atoms with Crippen LogP contribution < -0.4 is 10.5 Å². The Hall–Kier alpha value is -1.60. The largest absolute Gasteiger partial charge is 0.389 e. The van der Waals surface area contributed by atoms with Gasteiger partial charge in [-0.05, 0) is 18.6 Å². The minimum absolute atomic E-state index is 0.244. The van der Waals surface area contributed by atoms with Gasteiger partial charge in [-0.25, -0.2) is 13.4 Å². The first-order valence-electron chi connectivity index (χ1n) is 4.79. The summed E-state index contributed by atoms with van der Waals surface area (Å²) in [5, 5.41) is 0.734. The Morgan fingerprint density at radius 2 is 2.06 bits per heavy atom. The zero-order valence-corrected chi connectivity index (χ0v) is 10.7. The number of aryl methyl sites for hydroxylation is 1. The molecule has 0 fully saturated rings. The van der Waals surface area contributed by atoms with Crippen LogP contribution in [0.25, 0.3) is 0 Å². The van der Waals surface area contributed by atoms with Crippen molar-refractivity contribution in [1.82, 2.24) is 4.98 Å². The molecule has 0 saturated carbocycles. The van der Waals surface area contributed by atoms with Crippen molar-refractivity contribution in [3.63, 3.8) is 0 Å². The first-order valence-corrected chi connectivity index (χ1v) is 7.09. The van der Waals surface area contributed by atoms with Crippen LogP contribution in [0.1, 0.15) is 5.56 Å². The number of benzene rings is 1. The normalized spacial score (nSPS) is 11.4. The summed E-state index contributed by atoms with van der Waals surface area (Å²) >= 11 is 1.09. The van der Waals surface area contributed by atoms with Gasteiger partial charge in [-0.1, -0.05) is 29.5 Å². The third-order valence-electron chi connectivity index (χ3n) is 2.13. The van der Waals surface area contributed by atoms with Crippen molar-refractivity contribution >= 4 is 31.5 Å². The molecule has 2 rings (SSSR count). The second kappa shape index (κ2) is 4.34. The van der Waals surface area contributed by atoms with E-state index in [-0.39, 0.29) is 10.0 Å². The summed E-state index contributed by atoms with van der Waals surface area (Å²) in [6.07, 6.45) is 1.42. The Morgan fingerprint density at radius 3 is 2.65 bits per heavy atom. The van der Waals surface area contributed by atoms with Gasteiger partial charge in [0.25, 0.3) is 10.0 Å². The predicted octanol–water partition coefficient (Wildman–Crippen LogP) is 1.83. The first kappa shape index (κ1) is 11.9. The molecule has 3 N–H and O–H groups in total. The van der Waals surface area contributed by atoms with Crippen LogP contribution in [0.3, 0.4) is 0 Å². The average molecular weight is 269 g/mol. The first-order chi connectivity index (χ1) is 7.99. The molecule has 0 radical (unpaired) electrons. The molecule has 0 aliphatic rings. The lowest BCUT2D eigenvalue weighted by atomic mass is 10.2. The van der Waals surface area contributed by atoms with Gasteiger partial charge in [-0.3, -0.25) is 4.72 Å². The third kappa shape index (κ3) is 2.56. The number of hydrogen-bond donors (Lipinski definition) is 2. The third-order valence-corrected chi connectivity index (χ3v) is 4.50. The van der Waals surface area contributed by atoms with E-state index in [4.69, 9.17) is 5.73 Å². The quantitative estimate of drug-likeness (QED) is 0.890. The van der Waals surface area contributed by atoms with Gasteiger partial charge in [-0.15, -0.1) is 0 Å². The van der Waals surface area contributed by atoms with Gasteiger partial charge in [-0.2, -0.15) is 0 Å². The highest BCUT2D eigenvalue weighted by Crippen LogP contribution is 2.24. The number of aromatic nitrogens is 1. The highest BCUT2D eigenvalue weighted by molar-refractivity contribution is 7.93. The maximum atomic E-state index is 12.0. The maximum Gasteiger partial charge on any atom is 0.263 e. The topological polar surface area (TPSA) is 85.1 Å². The summed E-state index contributed by atoms with van der Waals surface area (Å²) in [5.74, 6) is 0. The molecule has 0 aliphatic carbocycles. The van der Waals surface area contributed by atoms with Crippen LogP contribution >= 0.6 is 11.3 Å². The maximum absolute atomic E-state index is 12.0. The fourth-order valence-electron chi connectivity index (χ4n) is 1.36. The van der Waals surface area contributed by atoms with Crippen LogP contribution in [0.2, 0.25) is 0 Å². The summed E-state index contributed by atoms with van der Waals surface area (Å²) in [4.78, 5) is 4.10. The highest BCUT2D eigenvalue weighted by atomic mass is 32.2. The van der Waals surface area contributed by atoms with E-state index < -0.39 is 10.0 Å². The molecule has 0 atom stereocenters. The van der Waals surface area contributed by atoms with Crippen LogP contribution in [0.15, 0.2) is 35.4 Å². The van der Waals surface area contributed by atoms with Gasteiger partial charge in [0.2, 0.25) is 0 Å². The second-order valence-electron chi connectivity index (χ2n) is 3.44. The Bertz CT molecular complexity index is 635. The number of anilines is 2. The van der Waals surface area contributed by atoms with Crippen molar-refractivity contribution in [3.8, 4) is 0 Å². The van der Waals surface area contributed by atoms with Gasteiger partial charge in [0.15, 0.2) is 5.13 Å². The van der Waals surface area contributed by atoms with E-state index in [0.717, 1.165) is 11.3 Å². The van der Waals surface area contributed by atoms with Crippen molar-refractivity contribution < 1.29 is 8.42 Å². The van der Waals surface area contributed by atoms with E-state index in [9.17, 15) is 8.42 Å². The van der Waals surface area contributed by atoms with Crippen molar-refractivity contribution in [3.05, 3.63) is 36.0 Å². The summed E-state index contributed by atoms with van der Waals surface area (Å²) < 4.78 is 26.5. The lowest BCUT2D eigenvalue weighted by molar-refractivity contribution is 0.600. The van der Waals surface area contributed by atoms with Gasteiger partial charge < -0.3 is 5.73 Å². The van der Waals surface area contributed by atoms with E-state index in [2.05, 4.69) is 9.71 Å². The van der Waals surface area contributed by atoms with Gasteiger partial charge >= 0.3 is 0 Å². The highest BCUT2D eigenvalue weighted by Gasteiger charge is 2.17. The number of thiazole rings is 1. The van der Waals surface area contributed by atoms with Crippen molar-refractivity contribution in [2.24, 2.45) is 0 Å². The SMILES string of the molecule is Cc1ccccc1S(=O)(=O)Nc1ncc(N)s1. The molecule has 0 saturated heterocycles. The molecule has 7 heteroatoms. The minimum Gasteiger partial charge on any atom is -0.389 e. The van der Waals surface area contributed by atoms with Crippen molar-refractivity contribution in [2.75, 3.05) is 10.5 Å². The molecule has 0 spiro atoms. The van der Waals surface area contributed by atoms with Gasteiger partial charge in [0, 0.05) is 0 Å². The van der Waals surface area contributed by atoms with Crippen LogP contribution in [-0.2, 0) is 10.0 Å². The minimum atomic E-state index is -3.59. The number of nitrogens with zero attached hydrogens (tertiary/aromatic N) is 1. The lowest BCUT2D eigenvalue weighted by Gasteiger charge is -2.07. The predicted molar refractivity (Wildman–Crippen MR) is 68.5 cm³/mol. The van der Waals surface area contributed by atoms with Crippen LogP contribution in [0, 0.1) is 6.92 Å². The smallest absolute Gasteiger partial charge is 0.263 e. The van der Waals surface area contributed by atoms with Gasteiger partial charge in [0.05, 0.1) is 11.1 Å². The van der Waals surface area contributed by atoms with Crippen molar-refractivity contribution in [1.29, 1.82) is 0 Å². The van der Waals surface area contributed by atoms with E-state index in [0.29, 0.717) is 10.6 Å². The van der Waals surface area contributed by atoms with E-state index in [1.165, 1.54) is 6.20 Å². The molecule has 90 valence electrons. The van der Waals surface area contributed by atoms with E-state index >= 15 is 0 Å². The molecular formula is C10H11N3O2S2. The van der Waals surface area contributed by atoms with Gasteiger partial charge in [0.1, 0.15) is 5.00 Å². The summed E-state index contributed by atoms with van der Waals surface area (Å²) in [7, 11) is -3.59. The standard InChI is InChI=1S/C10H11N3O2S2/c1-7-4-2-3-5-8(7)17(14,15)13-10-12-6-9(11)16-10/h2-6H,11H2,1H3,(H,12,13). The molecule has 2 aromatic rings. The number of rotatable bonds is 3. The summed E-state index contributed by atoms with van der Waals surface area (Å²) in [6.45, 7) is 1.74. The lowest BCUT2D eigenvalue weighted by Crippen LogP contribution is -2.13. The molecule has 5 nitrogen and oxygen atoms in total. The Labute approximate surface area is 103 Å². The summed E-state index contributed by atoms with van der Waals surface area (Å²) in [6, 6.07) is 6.76. The van der Waals surface area contributed by atoms with E-state index in [1.54, 1.807) is 31.2 Å². The number of nitrogens with one attached hydrogen (secondary N) is 1. The molecular weight excluding hydrogens is 258 g/mol. The Balaban J connectivity index is 2.35. The zero-order valence-electron chi connectivity index (χ0n) is 9.04. The fraction of sp³-hybridized carbons (Fsp3) is 0.100. The number of nitrogen functional groups attached to an aromatic ring is 1. The molecule has 0 aliphatic heterocycles. The average Bonchev–Trinajstić information content (AvgIpc) is 2.63. The van der Waals surface area contributed by atoms with E-state index in [1.807, 2.05) is 0 Å².